The molecule has 0 aliphatic rings. The normalized spacial score (nSPS) is 9.77. The molecule has 14 nitrogen and oxygen atoms in total. The zero-order valence-electron chi connectivity index (χ0n) is 24.1. The number of carbonyl (C=O) groups excluding carboxylic acids is 3. The number of hydrogen-bond acceptors (Lipinski definition) is 9. The van der Waals surface area contributed by atoms with Crippen molar-refractivity contribution in [2.75, 3.05) is 26.2 Å². The van der Waals surface area contributed by atoms with E-state index >= 15 is 0 Å². The van der Waals surface area contributed by atoms with E-state index in [1.165, 1.54) is 48.5 Å². The quantitative estimate of drug-likeness (QED) is 0.145. The monoisotopic (exact) mass is 594 g/mol. The van der Waals surface area contributed by atoms with Crippen LogP contribution in [0.4, 0.5) is 16.2 Å². The molecule has 0 aromatic heterocycles. The molecule has 0 aliphatic carbocycles. The Morgan fingerprint density at radius 3 is 1.51 bits per heavy atom. The topological polar surface area (TPSA) is 209 Å². The number of nitrogens with one attached hydrogen (secondary N) is 3. The van der Waals surface area contributed by atoms with E-state index in [1.54, 1.807) is 20.8 Å². The van der Waals surface area contributed by atoms with Crippen LogP contribution >= 0.6 is 0 Å². The van der Waals surface area contributed by atoms with Gasteiger partial charge in [-0.3, -0.25) is 29.8 Å². The van der Waals surface area contributed by atoms with Crippen LogP contribution in [0.2, 0.25) is 0 Å². The Morgan fingerprint density at radius 2 is 1.14 bits per heavy atom. The second kappa shape index (κ2) is 18.8. The lowest BCUT2D eigenvalue weighted by molar-refractivity contribution is -0.385. The molecule has 43 heavy (non-hydrogen) atoms. The molecular formula is C29H34N6O8. The molecule has 0 atom stereocenters. The zero-order valence-corrected chi connectivity index (χ0v) is 24.1. The number of carbonyl (C=O) groups is 3. The smallest absolute Gasteiger partial charge is 0.407 e. The Morgan fingerprint density at radius 1 is 0.744 bits per heavy atom. The van der Waals surface area contributed by atoms with Crippen molar-refractivity contribution in [2.24, 2.45) is 5.73 Å². The number of alkyl carbamates (subject to hydrolysis) is 1. The molecule has 0 fully saturated rings. The minimum atomic E-state index is -0.550. The van der Waals surface area contributed by atoms with Gasteiger partial charge in [0, 0.05) is 66.9 Å². The summed E-state index contributed by atoms with van der Waals surface area (Å²) < 4.78 is 5.07. The van der Waals surface area contributed by atoms with Crippen LogP contribution < -0.4 is 21.7 Å². The highest BCUT2D eigenvalue weighted by molar-refractivity contribution is 5.94. The van der Waals surface area contributed by atoms with Gasteiger partial charge in [0.1, 0.15) is 5.60 Å². The Bertz CT molecular complexity index is 1380. The molecule has 0 aliphatic heterocycles. The Kier molecular flexibility index (Phi) is 15.5. The van der Waals surface area contributed by atoms with E-state index in [9.17, 15) is 34.6 Å². The number of nitrogens with zero attached hydrogens (tertiary/aromatic N) is 2. The van der Waals surface area contributed by atoms with Crippen molar-refractivity contribution in [2.45, 2.75) is 39.2 Å². The summed E-state index contributed by atoms with van der Waals surface area (Å²) in [6.07, 6.45) is 0.728. The van der Waals surface area contributed by atoms with E-state index in [2.05, 4.69) is 39.6 Å². The van der Waals surface area contributed by atoms with Crippen molar-refractivity contribution in [3.8, 4) is 23.7 Å². The summed E-state index contributed by atoms with van der Waals surface area (Å²) >= 11 is 0. The third-order valence-electron chi connectivity index (χ3n) is 4.77. The Labute approximate surface area is 249 Å². The molecule has 14 heteroatoms. The molecule has 228 valence electrons. The molecule has 0 spiro atoms. The molecule has 2 aromatic carbocycles. The fourth-order valence-corrected chi connectivity index (χ4v) is 2.78. The number of nitro groups is 2. The highest BCUT2D eigenvalue weighted by Gasteiger charge is 2.15. The largest absolute Gasteiger partial charge is 0.444 e. The third kappa shape index (κ3) is 17.1. The summed E-state index contributed by atoms with van der Waals surface area (Å²) in [4.78, 5) is 54.2. The van der Waals surface area contributed by atoms with Gasteiger partial charge in [-0.25, -0.2) is 4.79 Å². The molecule has 3 amide bonds. The molecule has 0 bridgehead atoms. The number of hydrogen-bond donors (Lipinski definition) is 4. The molecule has 0 saturated heterocycles. The van der Waals surface area contributed by atoms with Gasteiger partial charge in [-0.15, -0.1) is 0 Å². The van der Waals surface area contributed by atoms with Crippen molar-refractivity contribution in [3.05, 3.63) is 79.9 Å². The van der Waals surface area contributed by atoms with Gasteiger partial charge in [0.2, 0.25) is 0 Å². The molecule has 0 radical (unpaired) electrons. The molecule has 0 saturated carbocycles. The zero-order chi connectivity index (χ0) is 32.3. The first-order valence-corrected chi connectivity index (χ1v) is 13.1. The maximum absolute atomic E-state index is 11.6. The van der Waals surface area contributed by atoms with Crippen LogP contribution in [0.5, 0.6) is 0 Å². The molecule has 5 N–H and O–H groups in total. The third-order valence-corrected chi connectivity index (χ3v) is 4.77. The van der Waals surface area contributed by atoms with Crippen LogP contribution in [0.25, 0.3) is 0 Å². The van der Waals surface area contributed by atoms with Crippen LogP contribution in [0.15, 0.2) is 48.5 Å². The average Bonchev–Trinajstić information content (AvgIpc) is 2.94. The number of amides is 3. The minimum absolute atomic E-state index is 0.00653. The number of benzene rings is 2. The fourth-order valence-electron chi connectivity index (χ4n) is 2.78. The summed E-state index contributed by atoms with van der Waals surface area (Å²) in [5, 5.41) is 28.7. The van der Waals surface area contributed by atoms with E-state index < -0.39 is 27.4 Å². The van der Waals surface area contributed by atoms with Crippen molar-refractivity contribution in [1.82, 2.24) is 16.0 Å². The van der Waals surface area contributed by atoms with Gasteiger partial charge in [0.25, 0.3) is 23.2 Å². The van der Waals surface area contributed by atoms with Gasteiger partial charge in [-0.1, -0.05) is 11.8 Å². The van der Waals surface area contributed by atoms with E-state index in [-0.39, 0.29) is 17.3 Å². The number of nitrogens with two attached hydrogens (primary N) is 1. The number of nitro benzene ring substituents is 2. The van der Waals surface area contributed by atoms with Crippen molar-refractivity contribution in [1.29, 1.82) is 0 Å². The van der Waals surface area contributed by atoms with Crippen LogP contribution in [-0.4, -0.2) is 59.5 Å². The van der Waals surface area contributed by atoms with Gasteiger partial charge >= 0.3 is 6.09 Å². The molecular weight excluding hydrogens is 560 g/mol. The highest BCUT2D eigenvalue weighted by atomic mass is 16.6. The first-order valence-electron chi connectivity index (χ1n) is 13.1. The van der Waals surface area contributed by atoms with Crippen LogP contribution in [0, 0.1) is 43.9 Å². The predicted octanol–water partition coefficient (Wildman–Crippen LogP) is 2.39. The van der Waals surface area contributed by atoms with Crippen LogP contribution in [0.3, 0.4) is 0 Å². The average molecular weight is 595 g/mol. The van der Waals surface area contributed by atoms with Gasteiger partial charge in [0.15, 0.2) is 0 Å². The SMILES string of the molecule is CC(C)(C)OC(=O)NCCCNC(=O)C#Cc1ccc([N+](=O)[O-])cc1.NCCCNC(=O)C#Cc1ccc([N+](=O)[O-])cc1. The lowest BCUT2D eigenvalue weighted by atomic mass is 10.2. The maximum Gasteiger partial charge on any atom is 0.407 e. The predicted molar refractivity (Wildman–Crippen MR) is 158 cm³/mol. The summed E-state index contributed by atoms with van der Waals surface area (Å²) in [6, 6.07) is 11.3. The van der Waals surface area contributed by atoms with Crippen LogP contribution in [0.1, 0.15) is 44.7 Å². The second-order valence-corrected chi connectivity index (χ2v) is 9.54. The van der Waals surface area contributed by atoms with Gasteiger partial charge in [-0.05, 0) is 64.4 Å². The molecule has 2 aromatic rings. The van der Waals surface area contributed by atoms with E-state index in [0.29, 0.717) is 50.1 Å². The lowest BCUT2D eigenvalue weighted by Gasteiger charge is -2.19. The summed E-state index contributed by atoms with van der Waals surface area (Å²) in [7, 11) is 0. The summed E-state index contributed by atoms with van der Waals surface area (Å²) in [5.41, 5.74) is 5.74. The molecule has 2 rings (SSSR count). The highest BCUT2D eigenvalue weighted by Crippen LogP contribution is 2.11. The van der Waals surface area contributed by atoms with Gasteiger partial charge in [-0.2, -0.15) is 0 Å². The molecule has 0 heterocycles. The number of rotatable bonds is 9. The first-order chi connectivity index (χ1) is 20.3. The fraction of sp³-hybridized carbons (Fsp3) is 0.345. The number of ether oxygens (including phenoxy) is 1. The van der Waals surface area contributed by atoms with Gasteiger partial charge in [0.05, 0.1) is 9.85 Å². The summed E-state index contributed by atoms with van der Waals surface area (Å²) in [6.45, 7) is 7.04. The second-order valence-electron chi connectivity index (χ2n) is 9.54. The minimum Gasteiger partial charge on any atom is -0.444 e. The Hall–Kier alpha value is -5.47. The van der Waals surface area contributed by atoms with Crippen molar-refractivity contribution in [3.63, 3.8) is 0 Å². The van der Waals surface area contributed by atoms with Crippen molar-refractivity contribution >= 4 is 29.3 Å². The first kappa shape index (κ1) is 35.6. The maximum atomic E-state index is 11.6. The molecule has 0 unspecified atom stereocenters. The van der Waals surface area contributed by atoms with Crippen molar-refractivity contribution < 1.29 is 29.0 Å². The van der Waals surface area contributed by atoms with E-state index in [1.807, 2.05) is 0 Å². The lowest BCUT2D eigenvalue weighted by Crippen LogP contribution is -2.34. The van der Waals surface area contributed by atoms with Crippen LogP contribution in [-0.2, 0) is 14.3 Å². The van der Waals surface area contributed by atoms with E-state index in [4.69, 9.17) is 10.5 Å². The summed E-state index contributed by atoms with van der Waals surface area (Å²) in [5.74, 6) is 9.19. The number of non-ortho nitro benzene ring substituents is 2. The Balaban J connectivity index is 0.000000453. The standard InChI is InChI=1S/C17H21N3O5.C12H13N3O3/c1-17(2,3)25-16(22)19-12-4-11-18-15(21)10-7-13-5-8-14(9-6-13)20(23)24;13-8-1-9-14-12(16)7-4-10-2-5-11(6-3-10)15(17)18/h5-6,8-9H,4,11-12H2,1-3H3,(H,18,21)(H,19,22);2-3,5-6H,1,8-9,13H2,(H,14,16). The van der Waals surface area contributed by atoms with Gasteiger partial charge < -0.3 is 26.4 Å². The van der Waals surface area contributed by atoms with E-state index in [0.717, 1.165) is 0 Å².